The third kappa shape index (κ3) is 2.21. The lowest BCUT2D eigenvalue weighted by molar-refractivity contribution is 0.629. The Hall–Kier alpha value is -1.28. The number of fused-ring (bicyclic) bond motifs is 1. The summed E-state index contributed by atoms with van der Waals surface area (Å²) >= 11 is 4.17. The quantitative estimate of drug-likeness (QED) is 0.724. The summed E-state index contributed by atoms with van der Waals surface area (Å²) in [6, 6.07) is 10.7. The van der Waals surface area contributed by atoms with Crippen LogP contribution < -0.4 is 0 Å². The fraction of sp³-hybridized carbons (Fsp3) is 0.0769. The smallest absolute Gasteiger partial charge is 0.123 e. The van der Waals surface area contributed by atoms with E-state index >= 15 is 0 Å². The summed E-state index contributed by atoms with van der Waals surface area (Å²) in [5.74, 6) is -0.209. The molecule has 0 nitrogen and oxygen atoms in total. The molecule has 0 heterocycles. The van der Waals surface area contributed by atoms with E-state index < -0.39 is 0 Å². The Balaban J connectivity index is 2.63. The summed E-state index contributed by atoms with van der Waals surface area (Å²) in [5.41, 5.74) is 1.06. The van der Waals surface area contributed by atoms with Gasteiger partial charge in [0.15, 0.2) is 0 Å². The van der Waals surface area contributed by atoms with E-state index in [0.29, 0.717) is 6.42 Å². The van der Waals surface area contributed by atoms with Gasteiger partial charge in [-0.15, -0.1) is 12.6 Å². The maximum Gasteiger partial charge on any atom is 0.123 e. The molecule has 0 aromatic heterocycles. The van der Waals surface area contributed by atoms with E-state index in [1.54, 1.807) is 12.1 Å². The van der Waals surface area contributed by atoms with Gasteiger partial charge in [0.05, 0.1) is 0 Å². The first-order valence-corrected chi connectivity index (χ1v) is 5.15. The monoisotopic (exact) mass is 218 g/mol. The standard InChI is InChI=1S/C13H11FS/c1-9(15)7-11-4-2-3-10-5-6-12(14)8-13(10)11/h2-6,8,15H,1,7H2. The van der Waals surface area contributed by atoms with Crippen molar-refractivity contribution < 1.29 is 4.39 Å². The lowest BCUT2D eigenvalue weighted by atomic mass is 10.0. The summed E-state index contributed by atoms with van der Waals surface area (Å²) in [4.78, 5) is 0.784. The van der Waals surface area contributed by atoms with Crippen LogP contribution in [0.1, 0.15) is 5.56 Å². The summed E-state index contributed by atoms with van der Waals surface area (Å²) in [6.07, 6.45) is 0.671. The molecule has 0 saturated heterocycles. The van der Waals surface area contributed by atoms with Gasteiger partial charge in [0.1, 0.15) is 5.82 Å². The van der Waals surface area contributed by atoms with Crippen LogP contribution in [-0.4, -0.2) is 0 Å². The summed E-state index contributed by atoms with van der Waals surface area (Å²) < 4.78 is 13.1. The van der Waals surface area contributed by atoms with Crippen molar-refractivity contribution >= 4 is 23.4 Å². The number of rotatable bonds is 2. The molecular formula is C13H11FS. The van der Waals surface area contributed by atoms with Crippen LogP contribution in [0.2, 0.25) is 0 Å². The average Bonchev–Trinajstić information content (AvgIpc) is 2.18. The molecule has 2 heteroatoms. The molecule has 2 rings (SSSR count). The minimum absolute atomic E-state index is 0.209. The van der Waals surface area contributed by atoms with Crippen LogP contribution in [0.5, 0.6) is 0 Å². The fourth-order valence-electron chi connectivity index (χ4n) is 1.68. The van der Waals surface area contributed by atoms with E-state index in [4.69, 9.17) is 0 Å². The van der Waals surface area contributed by atoms with Crippen molar-refractivity contribution in [3.63, 3.8) is 0 Å². The minimum Gasteiger partial charge on any atom is -0.207 e. The van der Waals surface area contributed by atoms with Gasteiger partial charge in [-0.1, -0.05) is 30.8 Å². The number of allylic oxidation sites excluding steroid dienone is 1. The molecular weight excluding hydrogens is 207 g/mol. The molecule has 15 heavy (non-hydrogen) atoms. The van der Waals surface area contributed by atoms with Gasteiger partial charge in [-0.3, -0.25) is 0 Å². The number of hydrogen-bond acceptors (Lipinski definition) is 1. The largest absolute Gasteiger partial charge is 0.207 e. The minimum atomic E-state index is -0.209. The molecule has 0 fully saturated rings. The molecule has 0 radical (unpaired) electrons. The molecule has 0 spiro atoms. The van der Waals surface area contributed by atoms with E-state index in [1.807, 2.05) is 18.2 Å². The predicted molar refractivity (Wildman–Crippen MR) is 65.7 cm³/mol. The van der Waals surface area contributed by atoms with Gasteiger partial charge in [-0.05, 0) is 33.4 Å². The normalized spacial score (nSPS) is 10.5. The summed E-state index contributed by atoms with van der Waals surface area (Å²) in [6.45, 7) is 3.75. The molecule has 0 unspecified atom stereocenters. The first-order valence-electron chi connectivity index (χ1n) is 4.71. The van der Waals surface area contributed by atoms with Gasteiger partial charge in [0.25, 0.3) is 0 Å². The number of hydrogen-bond donors (Lipinski definition) is 1. The van der Waals surface area contributed by atoms with E-state index in [0.717, 1.165) is 21.2 Å². The summed E-state index contributed by atoms with van der Waals surface area (Å²) in [7, 11) is 0. The topological polar surface area (TPSA) is 0 Å². The third-order valence-corrected chi connectivity index (χ3v) is 2.49. The zero-order valence-corrected chi connectivity index (χ0v) is 9.10. The zero-order chi connectivity index (χ0) is 10.8. The predicted octanol–water partition coefficient (Wildman–Crippen LogP) is 3.96. The highest BCUT2D eigenvalue weighted by atomic mass is 32.1. The van der Waals surface area contributed by atoms with E-state index in [9.17, 15) is 4.39 Å². The Bertz CT molecular complexity index is 517. The zero-order valence-electron chi connectivity index (χ0n) is 8.20. The van der Waals surface area contributed by atoms with Gasteiger partial charge < -0.3 is 0 Å². The van der Waals surface area contributed by atoms with Gasteiger partial charge >= 0.3 is 0 Å². The van der Waals surface area contributed by atoms with Gasteiger partial charge in [-0.25, -0.2) is 4.39 Å². The molecule has 0 atom stereocenters. The highest BCUT2D eigenvalue weighted by molar-refractivity contribution is 7.84. The SMILES string of the molecule is C=C(S)Cc1cccc2ccc(F)cc12. The molecule has 0 saturated carbocycles. The molecule has 0 N–H and O–H groups in total. The van der Waals surface area contributed by atoms with Crippen molar-refractivity contribution in [2.24, 2.45) is 0 Å². The maximum absolute atomic E-state index is 13.1. The van der Waals surface area contributed by atoms with Gasteiger partial charge in [0, 0.05) is 6.42 Å². The molecule has 2 aromatic carbocycles. The number of thiol groups is 1. The number of benzene rings is 2. The molecule has 0 aliphatic rings. The lowest BCUT2D eigenvalue weighted by Gasteiger charge is -2.05. The van der Waals surface area contributed by atoms with Crippen molar-refractivity contribution in [1.29, 1.82) is 0 Å². The molecule has 0 amide bonds. The molecule has 0 aliphatic heterocycles. The van der Waals surface area contributed by atoms with Gasteiger partial charge in [-0.2, -0.15) is 0 Å². The van der Waals surface area contributed by atoms with E-state index in [2.05, 4.69) is 19.2 Å². The van der Waals surface area contributed by atoms with Crippen LogP contribution in [0.25, 0.3) is 10.8 Å². The van der Waals surface area contributed by atoms with Crippen LogP contribution in [0.3, 0.4) is 0 Å². The third-order valence-electron chi connectivity index (χ3n) is 2.33. The second-order valence-electron chi connectivity index (χ2n) is 3.53. The van der Waals surface area contributed by atoms with Crippen molar-refractivity contribution in [2.75, 3.05) is 0 Å². The van der Waals surface area contributed by atoms with Gasteiger partial charge in [0.2, 0.25) is 0 Å². The second kappa shape index (κ2) is 4.07. The maximum atomic E-state index is 13.1. The Morgan fingerprint density at radius 1 is 1.27 bits per heavy atom. The highest BCUT2D eigenvalue weighted by Crippen LogP contribution is 2.22. The van der Waals surface area contributed by atoms with Crippen molar-refractivity contribution in [2.45, 2.75) is 6.42 Å². The average molecular weight is 218 g/mol. The van der Waals surface area contributed by atoms with Crippen LogP contribution >= 0.6 is 12.6 Å². The Kier molecular flexibility index (Phi) is 2.78. The van der Waals surface area contributed by atoms with Crippen molar-refractivity contribution in [3.8, 4) is 0 Å². The van der Waals surface area contributed by atoms with E-state index in [-0.39, 0.29) is 5.82 Å². The van der Waals surface area contributed by atoms with Crippen LogP contribution in [0.15, 0.2) is 47.9 Å². The van der Waals surface area contributed by atoms with Crippen molar-refractivity contribution in [3.05, 3.63) is 59.3 Å². The first kappa shape index (κ1) is 10.2. The fourth-order valence-corrected chi connectivity index (χ4v) is 1.85. The lowest BCUT2D eigenvalue weighted by Crippen LogP contribution is -1.87. The van der Waals surface area contributed by atoms with Crippen LogP contribution in [0.4, 0.5) is 4.39 Å². The second-order valence-corrected chi connectivity index (χ2v) is 4.16. The van der Waals surface area contributed by atoms with E-state index in [1.165, 1.54) is 6.07 Å². The Labute approximate surface area is 93.8 Å². The Morgan fingerprint density at radius 2 is 2.07 bits per heavy atom. The number of halogens is 1. The molecule has 0 bridgehead atoms. The molecule has 2 aromatic rings. The Morgan fingerprint density at radius 3 is 2.80 bits per heavy atom. The molecule has 0 aliphatic carbocycles. The first-order chi connectivity index (χ1) is 7.16. The van der Waals surface area contributed by atoms with Crippen LogP contribution in [0, 0.1) is 5.82 Å². The molecule has 76 valence electrons. The van der Waals surface area contributed by atoms with Crippen molar-refractivity contribution in [1.82, 2.24) is 0 Å². The highest BCUT2D eigenvalue weighted by Gasteiger charge is 2.02. The summed E-state index contributed by atoms with van der Waals surface area (Å²) in [5, 5.41) is 1.98. The van der Waals surface area contributed by atoms with Crippen LogP contribution in [-0.2, 0) is 6.42 Å².